The van der Waals surface area contributed by atoms with E-state index in [1.165, 1.54) is 0 Å². The van der Waals surface area contributed by atoms with Crippen molar-refractivity contribution in [1.82, 2.24) is 14.9 Å². The van der Waals surface area contributed by atoms with E-state index in [1.807, 2.05) is 26.0 Å². The van der Waals surface area contributed by atoms with E-state index in [0.29, 0.717) is 17.9 Å². The van der Waals surface area contributed by atoms with E-state index in [9.17, 15) is 0 Å². The number of aryl methyl sites for hydroxylation is 1. The maximum absolute atomic E-state index is 5.71. The number of benzene rings is 1. The molecule has 1 aromatic carbocycles. The summed E-state index contributed by atoms with van der Waals surface area (Å²) >= 11 is 12.3. The highest BCUT2D eigenvalue weighted by Crippen LogP contribution is 2.33. The van der Waals surface area contributed by atoms with Crippen LogP contribution in [0.15, 0.2) is 21.1 Å². The Kier molecular flexibility index (Phi) is 5.83. The van der Waals surface area contributed by atoms with Crippen LogP contribution in [0.2, 0.25) is 0 Å². The van der Waals surface area contributed by atoms with Crippen molar-refractivity contribution in [2.45, 2.75) is 26.8 Å². The van der Waals surface area contributed by atoms with Crippen LogP contribution in [-0.4, -0.2) is 21.5 Å². The predicted octanol–water partition coefficient (Wildman–Crippen LogP) is 4.17. The van der Waals surface area contributed by atoms with Gasteiger partial charge >= 0.3 is 0 Å². The van der Waals surface area contributed by atoms with Gasteiger partial charge < -0.3 is 10.2 Å². The molecule has 21 heavy (non-hydrogen) atoms. The molecular formula is C13H16Br2N4OS. The standard InChI is InChI=1S/C13H16Br2N4OS/c1-3-11-17-18-13(21)19(11)16-7-8-5-9(14)6-10(15)12(8)20-4-2/h5-6,16H,3-4,7H2,1-2H3,(H,18,21). The average molecular weight is 436 g/mol. The number of aromatic nitrogens is 3. The fraction of sp³-hybridized carbons (Fsp3) is 0.385. The lowest BCUT2D eigenvalue weighted by Crippen LogP contribution is -2.18. The number of nitrogens with one attached hydrogen (secondary N) is 2. The van der Waals surface area contributed by atoms with Crippen molar-refractivity contribution < 1.29 is 4.74 Å². The summed E-state index contributed by atoms with van der Waals surface area (Å²) in [7, 11) is 0. The van der Waals surface area contributed by atoms with Crippen molar-refractivity contribution in [1.29, 1.82) is 0 Å². The highest BCUT2D eigenvalue weighted by atomic mass is 79.9. The topological polar surface area (TPSA) is 54.9 Å². The predicted molar refractivity (Wildman–Crippen MR) is 92.9 cm³/mol. The van der Waals surface area contributed by atoms with Gasteiger partial charge in [0.2, 0.25) is 4.77 Å². The van der Waals surface area contributed by atoms with Gasteiger partial charge in [-0.25, -0.2) is 4.68 Å². The Balaban J connectivity index is 2.27. The van der Waals surface area contributed by atoms with E-state index >= 15 is 0 Å². The first-order valence-electron chi connectivity index (χ1n) is 6.57. The fourth-order valence-corrected chi connectivity index (χ4v) is 3.59. The molecule has 0 amide bonds. The maximum Gasteiger partial charge on any atom is 0.214 e. The van der Waals surface area contributed by atoms with Gasteiger partial charge in [0.25, 0.3) is 0 Å². The van der Waals surface area contributed by atoms with E-state index in [0.717, 1.165) is 32.5 Å². The smallest absolute Gasteiger partial charge is 0.214 e. The van der Waals surface area contributed by atoms with Gasteiger partial charge in [0, 0.05) is 16.5 Å². The molecule has 2 N–H and O–H groups in total. The highest BCUT2D eigenvalue weighted by Gasteiger charge is 2.11. The summed E-state index contributed by atoms with van der Waals surface area (Å²) in [6, 6.07) is 3.99. The van der Waals surface area contributed by atoms with E-state index < -0.39 is 0 Å². The molecule has 2 rings (SSSR count). The van der Waals surface area contributed by atoms with Crippen molar-refractivity contribution in [3.63, 3.8) is 0 Å². The molecule has 5 nitrogen and oxygen atoms in total. The van der Waals surface area contributed by atoms with Gasteiger partial charge in [-0.2, -0.15) is 5.10 Å². The summed E-state index contributed by atoms with van der Waals surface area (Å²) in [6.45, 7) is 5.18. The molecule has 0 aliphatic heterocycles. The third-order valence-corrected chi connectivity index (χ3v) is 4.18. The van der Waals surface area contributed by atoms with Gasteiger partial charge in [-0.1, -0.05) is 22.9 Å². The van der Waals surface area contributed by atoms with E-state index in [1.54, 1.807) is 4.68 Å². The number of H-pyrrole nitrogens is 1. The Morgan fingerprint density at radius 1 is 1.38 bits per heavy atom. The van der Waals surface area contributed by atoms with Crippen LogP contribution in [0.4, 0.5) is 0 Å². The second kappa shape index (κ2) is 7.42. The molecule has 0 aliphatic rings. The fourth-order valence-electron chi connectivity index (χ4n) is 1.94. The lowest BCUT2D eigenvalue weighted by atomic mass is 10.2. The minimum atomic E-state index is 0.555. The molecule has 0 spiro atoms. The van der Waals surface area contributed by atoms with Gasteiger partial charge in [-0.15, -0.1) is 0 Å². The zero-order valence-electron chi connectivity index (χ0n) is 11.7. The third kappa shape index (κ3) is 3.87. The zero-order valence-corrected chi connectivity index (χ0v) is 15.7. The minimum absolute atomic E-state index is 0.555. The van der Waals surface area contributed by atoms with Crippen LogP contribution < -0.4 is 10.2 Å². The Labute approximate surface area is 145 Å². The first-order valence-corrected chi connectivity index (χ1v) is 8.57. The molecule has 114 valence electrons. The van der Waals surface area contributed by atoms with Crippen LogP contribution in [0.25, 0.3) is 0 Å². The molecule has 1 aromatic heterocycles. The molecular weight excluding hydrogens is 420 g/mol. The molecule has 0 atom stereocenters. The molecule has 2 aromatic rings. The highest BCUT2D eigenvalue weighted by molar-refractivity contribution is 9.11. The summed E-state index contributed by atoms with van der Waals surface area (Å²) in [5.74, 6) is 1.70. The first-order chi connectivity index (χ1) is 10.1. The van der Waals surface area contributed by atoms with Gasteiger partial charge in [0.05, 0.1) is 17.6 Å². The van der Waals surface area contributed by atoms with Crippen molar-refractivity contribution in [3.8, 4) is 5.75 Å². The molecule has 8 heteroatoms. The molecule has 0 fully saturated rings. The zero-order chi connectivity index (χ0) is 15.4. The van der Waals surface area contributed by atoms with E-state index in [2.05, 4.69) is 47.5 Å². The Hall–Kier alpha value is -0.860. The van der Waals surface area contributed by atoms with Crippen LogP contribution in [0.3, 0.4) is 0 Å². The van der Waals surface area contributed by atoms with Crippen molar-refractivity contribution in [2.75, 3.05) is 12.0 Å². The summed E-state index contributed by atoms with van der Waals surface area (Å²) in [4.78, 5) is 0. The monoisotopic (exact) mass is 434 g/mol. The minimum Gasteiger partial charge on any atom is -0.492 e. The molecule has 1 heterocycles. The Morgan fingerprint density at radius 2 is 2.14 bits per heavy atom. The Morgan fingerprint density at radius 3 is 2.81 bits per heavy atom. The Bertz CT molecular complexity index is 683. The molecule has 0 bridgehead atoms. The van der Waals surface area contributed by atoms with Crippen LogP contribution in [-0.2, 0) is 13.0 Å². The van der Waals surface area contributed by atoms with Crippen molar-refractivity contribution >= 4 is 44.1 Å². The molecule has 0 saturated carbocycles. The molecule has 0 saturated heterocycles. The quantitative estimate of drug-likeness (QED) is 0.668. The lowest BCUT2D eigenvalue weighted by molar-refractivity contribution is 0.334. The van der Waals surface area contributed by atoms with Gasteiger partial charge in [0.15, 0.2) is 5.82 Å². The number of halogens is 2. The van der Waals surface area contributed by atoms with E-state index in [4.69, 9.17) is 17.0 Å². The van der Waals surface area contributed by atoms with Crippen molar-refractivity contribution in [2.24, 2.45) is 0 Å². The van der Waals surface area contributed by atoms with Crippen LogP contribution >= 0.6 is 44.1 Å². The number of nitrogens with zero attached hydrogens (tertiary/aromatic N) is 2. The average Bonchev–Trinajstić information content (AvgIpc) is 2.80. The van der Waals surface area contributed by atoms with Gasteiger partial charge in [-0.05, 0) is 47.2 Å². The second-order valence-electron chi connectivity index (χ2n) is 4.28. The summed E-state index contributed by atoms with van der Waals surface area (Å²) in [5, 5.41) is 6.96. The summed E-state index contributed by atoms with van der Waals surface area (Å²) < 4.78 is 9.96. The summed E-state index contributed by atoms with van der Waals surface area (Å²) in [5.41, 5.74) is 4.31. The van der Waals surface area contributed by atoms with Crippen LogP contribution in [0, 0.1) is 4.77 Å². The lowest BCUT2D eigenvalue weighted by Gasteiger charge is -2.15. The number of rotatable bonds is 6. The normalized spacial score (nSPS) is 10.7. The van der Waals surface area contributed by atoms with Gasteiger partial charge in [0.1, 0.15) is 5.75 Å². The van der Waals surface area contributed by atoms with Crippen LogP contribution in [0.1, 0.15) is 25.2 Å². The van der Waals surface area contributed by atoms with Gasteiger partial charge in [-0.3, -0.25) is 5.10 Å². The maximum atomic E-state index is 5.71. The number of hydrogen-bond acceptors (Lipinski definition) is 4. The molecule has 0 aliphatic carbocycles. The molecule has 0 unspecified atom stereocenters. The van der Waals surface area contributed by atoms with E-state index in [-0.39, 0.29) is 0 Å². The third-order valence-electron chi connectivity index (χ3n) is 2.86. The SMILES string of the molecule is CCOc1c(Br)cc(Br)cc1CNn1c(CC)n[nH]c1=S. The number of aromatic amines is 1. The number of hydrogen-bond donors (Lipinski definition) is 2. The second-order valence-corrected chi connectivity index (χ2v) is 6.43. The summed E-state index contributed by atoms with van der Waals surface area (Å²) in [6.07, 6.45) is 0.792. The number of ether oxygens (including phenoxy) is 1. The van der Waals surface area contributed by atoms with Crippen LogP contribution in [0.5, 0.6) is 5.75 Å². The first kappa shape index (κ1) is 16.5. The van der Waals surface area contributed by atoms with Crippen molar-refractivity contribution in [3.05, 3.63) is 37.2 Å². The molecule has 0 radical (unpaired) electrons. The largest absolute Gasteiger partial charge is 0.492 e.